The standard InChI is InChI=1S/C25H33N7/c1-20-8-7-11-23(16-20)19-31-12-14-32(15-13-31)25(26-17-22-9-5-4-6-10-22)27-18-24-29-28-21(2)30(24)3/h4-11,16H,12-15,17-19H2,1-3H3,(H,26,27). The summed E-state index contributed by atoms with van der Waals surface area (Å²) in [6, 6.07) is 19.2. The van der Waals surface area contributed by atoms with Crippen molar-refractivity contribution in [3.8, 4) is 0 Å². The van der Waals surface area contributed by atoms with Crippen molar-refractivity contribution in [2.24, 2.45) is 12.0 Å². The molecule has 1 fully saturated rings. The molecule has 2 heterocycles. The lowest BCUT2D eigenvalue weighted by Gasteiger charge is -2.36. The summed E-state index contributed by atoms with van der Waals surface area (Å²) in [6.07, 6.45) is 0. The van der Waals surface area contributed by atoms with Crippen LogP contribution in [0.3, 0.4) is 0 Å². The van der Waals surface area contributed by atoms with Crippen molar-refractivity contribution < 1.29 is 0 Å². The van der Waals surface area contributed by atoms with Crippen LogP contribution in [0, 0.1) is 13.8 Å². The molecule has 0 amide bonds. The van der Waals surface area contributed by atoms with Crippen LogP contribution in [0.25, 0.3) is 0 Å². The van der Waals surface area contributed by atoms with Gasteiger partial charge in [-0.25, -0.2) is 4.99 Å². The maximum absolute atomic E-state index is 4.95. The van der Waals surface area contributed by atoms with Crippen molar-refractivity contribution in [3.05, 3.63) is 82.9 Å². The van der Waals surface area contributed by atoms with Crippen LogP contribution in [-0.4, -0.2) is 56.7 Å². The van der Waals surface area contributed by atoms with E-state index in [0.717, 1.165) is 50.3 Å². The number of hydrogen-bond donors (Lipinski definition) is 1. The minimum absolute atomic E-state index is 0.606. The van der Waals surface area contributed by atoms with Gasteiger partial charge < -0.3 is 14.8 Å². The molecule has 0 bridgehead atoms. The van der Waals surface area contributed by atoms with Gasteiger partial charge in [0.1, 0.15) is 5.82 Å². The third-order valence-corrected chi connectivity index (χ3v) is 6.00. The number of nitrogens with zero attached hydrogens (tertiary/aromatic N) is 6. The Morgan fingerprint density at radius 2 is 1.69 bits per heavy atom. The molecule has 0 unspecified atom stereocenters. The van der Waals surface area contributed by atoms with E-state index in [1.54, 1.807) is 0 Å². The van der Waals surface area contributed by atoms with Crippen LogP contribution >= 0.6 is 0 Å². The molecule has 168 valence electrons. The van der Waals surface area contributed by atoms with Crippen molar-refractivity contribution in [1.82, 2.24) is 29.9 Å². The first kappa shape index (κ1) is 22.0. The molecule has 2 aromatic carbocycles. The summed E-state index contributed by atoms with van der Waals surface area (Å²) in [6.45, 7) is 10.3. The third-order valence-electron chi connectivity index (χ3n) is 6.00. The van der Waals surface area contributed by atoms with E-state index in [4.69, 9.17) is 4.99 Å². The Kier molecular flexibility index (Phi) is 7.17. The van der Waals surface area contributed by atoms with Crippen LogP contribution in [0.15, 0.2) is 59.6 Å². The van der Waals surface area contributed by atoms with Gasteiger partial charge >= 0.3 is 0 Å². The highest BCUT2D eigenvalue weighted by Gasteiger charge is 2.20. The number of aliphatic imine (C=N–C) groups is 1. The van der Waals surface area contributed by atoms with Gasteiger partial charge in [0.15, 0.2) is 11.8 Å². The number of nitrogens with one attached hydrogen (secondary N) is 1. The summed E-state index contributed by atoms with van der Waals surface area (Å²) >= 11 is 0. The Balaban J connectivity index is 1.40. The van der Waals surface area contributed by atoms with Crippen molar-refractivity contribution in [2.45, 2.75) is 33.5 Å². The second-order valence-electron chi connectivity index (χ2n) is 8.45. The molecule has 0 atom stereocenters. The summed E-state index contributed by atoms with van der Waals surface area (Å²) < 4.78 is 2.02. The predicted octanol–water partition coefficient (Wildman–Crippen LogP) is 2.90. The van der Waals surface area contributed by atoms with Crippen molar-refractivity contribution in [1.29, 1.82) is 0 Å². The van der Waals surface area contributed by atoms with E-state index in [0.29, 0.717) is 13.1 Å². The number of aromatic nitrogens is 3. The molecule has 1 aliphatic rings. The molecule has 0 aliphatic carbocycles. The lowest BCUT2D eigenvalue weighted by atomic mass is 10.1. The molecule has 3 aromatic rings. The summed E-state index contributed by atoms with van der Waals surface area (Å²) in [5, 5.41) is 12.0. The molecule has 1 aliphatic heterocycles. The molecule has 1 saturated heterocycles. The molecule has 1 aromatic heterocycles. The van der Waals surface area contributed by atoms with Gasteiger partial charge in [0.25, 0.3) is 0 Å². The molecule has 7 heteroatoms. The summed E-state index contributed by atoms with van der Waals surface area (Å²) in [4.78, 5) is 9.83. The van der Waals surface area contributed by atoms with E-state index in [9.17, 15) is 0 Å². The largest absolute Gasteiger partial charge is 0.349 e. The molecule has 4 rings (SSSR count). The molecular formula is C25H33N7. The van der Waals surface area contributed by atoms with Crippen LogP contribution in [0.2, 0.25) is 0 Å². The number of rotatable bonds is 6. The minimum atomic E-state index is 0.606. The zero-order valence-corrected chi connectivity index (χ0v) is 19.3. The zero-order valence-electron chi connectivity index (χ0n) is 19.3. The first-order valence-corrected chi connectivity index (χ1v) is 11.3. The number of aryl methyl sites for hydroxylation is 2. The van der Waals surface area contributed by atoms with Crippen LogP contribution < -0.4 is 5.32 Å². The van der Waals surface area contributed by atoms with Crippen molar-refractivity contribution in [2.75, 3.05) is 26.2 Å². The second kappa shape index (κ2) is 10.4. The normalized spacial score (nSPS) is 15.2. The van der Waals surface area contributed by atoms with E-state index in [1.165, 1.54) is 16.7 Å². The van der Waals surface area contributed by atoms with E-state index in [2.05, 4.69) is 80.8 Å². The van der Waals surface area contributed by atoms with E-state index < -0.39 is 0 Å². The molecule has 0 saturated carbocycles. The zero-order chi connectivity index (χ0) is 22.3. The first-order valence-electron chi connectivity index (χ1n) is 11.3. The van der Waals surface area contributed by atoms with Crippen LogP contribution in [0.4, 0.5) is 0 Å². The monoisotopic (exact) mass is 431 g/mol. The van der Waals surface area contributed by atoms with Gasteiger partial charge in [-0.2, -0.15) is 0 Å². The summed E-state index contributed by atoms with van der Waals surface area (Å²) in [7, 11) is 2.00. The fraction of sp³-hybridized carbons (Fsp3) is 0.400. The summed E-state index contributed by atoms with van der Waals surface area (Å²) in [5.74, 6) is 2.76. The number of hydrogen-bond acceptors (Lipinski definition) is 4. The number of guanidine groups is 1. The fourth-order valence-corrected chi connectivity index (χ4v) is 3.97. The van der Waals surface area contributed by atoms with Gasteiger partial charge in [0.2, 0.25) is 0 Å². The third kappa shape index (κ3) is 5.73. The van der Waals surface area contributed by atoms with E-state index in [1.807, 2.05) is 24.6 Å². The Bertz CT molecular complexity index is 1030. The smallest absolute Gasteiger partial charge is 0.194 e. The quantitative estimate of drug-likeness (QED) is 0.480. The van der Waals surface area contributed by atoms with Crippen molar-refractivity contribution >= 4 is 5.96 Å². The lowest BCUT2D eigenvalue weighted by Crippen LogP contribution is -2.52. The van der Waals surface area contributed by atoms with Gasteiger partial charge in [-0.05, 0) is 25.0 Å². The SMILES string of the molecule is Cc1cccc(CN2CCN(C(=NCc3ccccc3)NCc3nnc(C)n3C)CC2)c1. The average Bonchev–Trinajstić information content (AvgIpc) is 3.13. The van der Waals surface area contributed by atoms with Gasteiger partial charge in [-0.1, -0.05) is 60.2 Å². The minimum Gasteiger partial charge on any atom is -0.349 e. The van der Waals surface area contributed by atoms with E-state index >= 15 is 0 Å². The highest BCUT2D eigenvalue weighted by molar-refractivity contribution is 5.80. The van der Waals surface area contributed by atoms with Gasteiger partial charge in [-0.3, -0.25) is 4.90 Å². The fourth-order valence-electron chi connectivity index (χ4n) is 3.97. The molecule has 32 heavy (non-hydrogen) atoms. The average molecular weight is 432 g/mol. The number of piperazine rings is 1. The first-order chi connectivity index (χ1) is 15.6. The van der Waals surface area contributed by atoms with Gasteiger partial charge in [0.05, 0.1) is 13.1 Å². The van der Waals surface area contributed by atoms with Crippen LogP contribution in [0.5, 0.6) is 0 Å². The van der Waals surface area contributed by atoms with E-state index in [-0.39, 0.29) is 0 Å². The van der Waals surface area contributed by atoms with Gasteiger partial charge in [-0.15, -0.1) is 10.2 Å². The molecule has 1 N–H and O–H groups in total. The molecule has 0 radical (unpaired) electrons. The van der Waals surface area contributed by atoms with Gasteiger partial charge in [0, 0.05) is 39.8 Å². The Morgan fingerprint density at radius 1 is 0.938 bits per heavy atom. The Morgan fingerprint density at radius 3 is 2.38 bits per heavy atom. The highest BCUT2D eigenvalue weighted by Crippen LogP contribution is 2.11. The summed E-state index contributed by atoms with van der Waals surface area (Å²) in [5.41, 5.74) is 3.91. The highest BCUT2D eigenvalue weighted by atomic mass is 15.4. The maximum Gasteiger partial charge on any atom is 0.194 e. The lowest BCUT2D eigenvalue weighted by molar-refractivity contribution is 0.172. The molecule has 7 nitrogen and oxygen atoms in total. The number of benzene rings is 2. The predicted molar refractivity (Wildman–Crippen MR) is 128 cm³/mol. The maximum atomic E-state index is 4.95. The Hall–Kier alpha value is -3.19. The topological polar surface area (TPSA) is 61.6 Å². The van der Waals surface area contributed by atoms with Crippen LogP contribution in [0.1, 0.15) is 28.3 Å². The second-order valence-corrected chi connectivity index (χ2v) is 8.45. The molecular weight excluding hydrogens is 398 g/mol. The molecule has 0 spiro atoms. The Labute approximate surface area is 190 Å². The van der Waals surface area contributed by atoms with Crippen LogP contribution in [-0.2, 0) is 26.7 Å². The van der Waals surface area contributed by atoms with Crippen molar-refractivity contribution in [3.63, 3.8) is 0 Å².